The third-order valence-electron chi connectivity index (χ3n) is 4.74. The van der Waals surface area contributed by atoms with Crippen LogP contribution in [-0.2, 0) is 20.7 Å². The van der Waals surface area contributed by atoms with Crippen molar-refractivity contribution < 1.29 is 14.3 Å². The number of hydrogen-bond donors (Lipinski definition) is 1. The van der Waals surface area contributed by atoms with E-state index in [9.17, 15) is 4.79 Å². The van der Waals surface area contributed by atoms with E-state index in [0.717, 1.165) is 31.2 Å². The van der Waals surface area contributed by atoms with Crippen molar-refractivity contribution in [2.75, 3.05) is 19.8 Å². The maximum absolute atomic E-state index is 12.2. The molecule has 1 aliphatic carbocycles. The highest BCUT2D eigenvalue weighted by atomic mass is 16.5. The Kier molecular flexibility index (Phi) is 6.00. The molecule has 0 radical (unpaired) electrons. The fourth-order valence-corrected chi connectivity index (χ4v) is 3.04. The number of ether oxygens (including phenoxy) is 2. The largest absolute Gasteiger partial charge is 0.379 e. The molecule has 0 bridgehead atoms. The summed E-state index contributed by atoms with van der Waals surface area (Å²) in [5, 5.41) is 3.08. The molecule has 1 saturated heterocycles. The lowest BCUT2D eigenvalue weighted by Crippen LogP contribution is -2.51. The van der Waals surface area contributed by atoms with Gasteiger partial charge in [-0.15, -0.1) is 0 Å². The summed E-state index contributed by atoms with van der Waals surface area (Å²) in [6.07, 6.45) is 7.70. The number of pyridine rings is 1. The van der Waals surface area contributed by atoms with E-state index < -0.39 is 0 Å². The summed E-state index contributed by atoms with van der Waals surface area (Å²) >= 11 is 0. The first-order chi connectivity index (χ1) is 11.3. The average Bonchev–Trinajstić information content (AvgIpc) is 2.54. The second-order valence-electron chi connectivity index (χ2n) is 6.53. The number of carbonyl (C=O) groups excluding carboxylic acids is 1. The van der Waals surface area contributed by atoms with Crippen molar-refractivity contribution in [2.24, 2.45) is 5.92 Å². The number of aryl methyl sites for hydroxylation is 1. The number of nitrogens with one attached hydrogen (secondary N) is 1. The van der Waals surface area contributed by atoms with Crippen LogP contribution >= 0.6 is 0 Å². The van der Waals surface area contributed by atoms with Gasteiger partial charge in [-0.2, -0.15) is 0 Å². The van der Waals surface area contributed by atoms with Crippen molar-refractivity contribution in [1.29, 1.82) is 0 Å². The van der Waals surface area contributed by atoms with Gasteiger partial charge >= 0.3 is 0 Å². The van der Waals surface area contributed by atoms with Gasteiger partial charge < -0.3 is 14.8 Å². The van der Waals surface area contributed by atoms with Gasteiger partial charge in [0, 0.05) is 31.5 Å². The number of aromatic nitrogens is 1. The highest BCUT2D eigenvalue weighted by molar-refractivity contribution is 5.76. The van der Waals surface area contributed by atoms with E-state index in [0.29, 0.717) is 19.4 Å². The standard InChI is InChI=1S/C18H26N2O3/c21-18(8-7-15-6-1-2-10-19-15)20-16-13-22-11-9-17(16)23-12-14-4-3-5-14/h1-2,6,10,14,16-17H,3-5,7-9,11-13H2,(H,20,21)/t16-,17+/m1/s1. The molecule has 1 N–H and O–H groups in total. The zero-order valence-corrected chi connectivity index (χ0v) is 13.6. The molecule has 1 amide bonds. The Hall–Kier alpha value is -1.46. The Morgan fingerprint density at radius 2 is 2.26 bits per heavy atom. The van der Waals surface area contributed by atoms with Crippen molar-refractivity contribution in [3.63, 3.8) is 0 Å². The predicted octanol–water partition coefficient (Wildman–Crippen LogP) is 2.10. The molecule has 5 nitrogen and oxygen atoms in total. The van der Waals surface area contributed by atoms with Crippen molar-refractivity contribution >= 4 is 5.91 Å². The quantitative estimate of drug-likeness (QED) is 0.836. The van der Waals surface area contributed by atoms with Crippen LogP contribution in [0, 0.1) is 5.92 Å². The summed E-state index contributed by atoms with van der Waals surface area (Å²) in [4.78, 5) is 16.4. The van der Waals surface area contributed by atoms with Crippen molar-refractivity contribution in [2.45, 2.75) is 50.7 Å². The van der Waals surface area contributed by atoms with Crippen LogP contribution in [-0.4, -0.2) is 42.9 Å². The minimum atomic E-state index is -0.0277. The van der Waals surface area contributed by atoms with Gasteiger partial charge in [0.1, 0.15) is 0 Å². The summed E-state index contributed by atoms with van der Waals surface area (Å²) in [7, 11) is 0. The van der Waals surface area contributed by atoms with Crippen LogP contribution in [0.2, 0.25) is 0 Å². The SMILES string of the molecule is O=C(CCc1ccccn1)N[C@@H]1COCC[C@@H]1OCC1CCC1. The molecule has 3 rings (SSSR count). The molecule has 1 aliphatic heterocycles. The predicted molar refractivity (Wildman–Crippen MR) is 87.0 cm³/mol. The highest BCUT2D eigenvalue weighted by Gasteiger charge is 2.29. The molecule has 126 valence electrons. The summed E-state index contributed by atoms with van der Waals surface area (Å²) in [6, 6.07) is 5.74. The second kappa shape index (κ2) is 8.41. The Balaban J connectivity index is 1.42. The topological polar surface area (TPSA) is 60.5 Å². The number of amides is 1. The van der Waals surface area contributed by atoms with Crippen molar-refractivity contribution in [3.05, 3.63) is 30.1 Å². The van der Waals surface area contributed by atoms with Crippen LogP contribution in [0.1, 0.15) is 37.8 Å². The molecule has 0 unspecified atom stereocenters. The third kappa shape index (κ3) is 5.01. The molecule has 0 spiro atoms. The molecular weight excluding hydrogens is 292 g/mol. The first kappa shape index (κ1) is 16.4. The summed E-state index contributed by atoms with van der Waals surface area (Å²) < 4.78 is 11.6. The molecule has 0 aromatic carbocycles. The Morgan fingerprint density at radius 1 is 1.35 bits per heavy atom. The number of carbonyl (C=O) groups is 1. The van der Waals surface area contributed by atoms with Crippen LogP contribution in [0.4, 0.5) is 0 Å². The summed E-state index contributed by atoms with van der Waals surface area (Å²) in [6.45, 7) is 2.09. The Morgan fingerprint density at radius 3 is 3.00 bits per heavy atom. The first-order valence-corrected chi connectivity index (χ1v) is 8.70. The number of rotatable bonds is 7. The van der Waals surface area contributed by atoms with E-state index in [-0.39, 0.29) is 18.1 Å². The minimum Gasteiger partial charge on any atom is -0.379 e. The molecular formula is C18H26N2O3. The monoisotopic (exact) mass is 318 g/mol. The lowest BCUT2D eigenvalue weighted by atomic mass is 9.86. The van der Waals surface area contributed by atoms with Gasteiger partial charge in [-0.1, -0.05) is 12.5 Å². The van der Waals surface area contributed by atoms with Gasteiger partial charge in [-0.05, 0) is 43.7 Å². The second-order valence-corrected chi connectivity index (χ2v) is 6.53. The smallest absolute Gasteiger partial charge is 0.220 e. The van der Waals surface area contributed by atoms with Crippen LogP contribution < -0.4 is 5.32 Å². The lowest BCUT2D eigenvalue weighted by molar-refractivity contribution is -0.126. The van der Waals surface area contributed by atoms with Gasteiger partial charge in [-0.25, -0.2) is 0 Å². The van der Waals surface area contributed by atoms with E-state index in [1.165, 1.54) is 19.3 Å². The van der Waals surface area contributed by atoms with E-state index in [1.54, 1.807) is 6.20 Å². The van der Waals surface area contributed by atoms with Crippen LogP contribution in [0.3, 0.4) is 0 Å². The van der Waals surface area contributed by atoms with E-state index >= 15 is 0 Å². The lowest BCUT2D eigenvalue weighted by Gasteiger charge is -2.34. The Bertz CT molecular complexity index is 490. The molecule has 23 heavy (non-hydrogen) atoms. The van der Waals surface area contributed by atoms with Crippen LogP contribution in [0.25, 0.3) is 0 Å². The molecule has 2 atom stereocenters. The first-order valence-electron chi connectivity index (χ1n) is 8.70. The molecule has 2 fully saturated rings. The third-order valence-corrected chi connectivity index (χ3v) is 4.74. The van der Waals surface area contributed by atoms with Crippen molar-refractivity contribution in [3.8, 4) is 0 Å². The van der Waals surface area contributed by atoms with Gasteiger partial charge in [0.05, 0.1) is 18.8 Å². The maximum atomic E-state index is 12.2. The van der Waals surface area contributed by atoms with E-state index in [1.807, 2.05) is 18.2 Å². The molecule has 2 aliphatic rings. The van der Waals surface area contributed by atoms with Crippen LogP contribution in [0.5, 0.6) is 0 Å². The molecule has 5 heteroatoms. The zero-order chi connectivity index (χ0) is 15.9. The normalized spacial score (nSPS) is 24.9. The zero-order valence-electron chi connectivity index (χ0n) is 13.6. The van der Waals surface area contributed by atoms with Gasteiger partial charge in [-0.3, -0.25) is 9.78 Å². The number of hydrogen-bond acceptors (Lipinski definition) is 4. The maximum Gasteiger partial charge on any atom is 0.220 e. The summed E-state index contributed by atoms with van der Waals surface area (Å²) in [5.74, 6) is 0.766. The number of nitrogens with zero attached hydrogens (tertiary/aromatic N) is 1. The fourth-order valence-electron chi connectivity index (χ4n) is 3.04. The molecule has 1 aromatic rings. The molecule has 2 heterocycles. The van der Waals surface area contributed by atoms with Gasteiger partial charge in [0.25, 0.3) is 0 Å². The van der Waals surface area contributed by atoms with Gasteiger partial charge in [0.2, 0.25) is 5.91 Å². The average molecular weight is 318 g/mol. The van der Waals surface area contributed by atoms with E-state index in [4.69, 9.17) is 9.47 Å². The molecule has 1 saturated carbocycles. The van der Waals surface area contributed by atoms with Crippen molar-refractivity contribution in [1.82, 2.24) is 10.3 Å². The minimum absolute atomic E-state index is 0.0277. The Labute approximate surface area is 137 Å². The van der Waals surface area contributed by atoms with E-state index in [2.05, 4.69) is 10.3 Å². The molecule has 1 aromatic heterocycles. The summed E-state index contributed by atoms with van der Waals surface area (Å²) in [5.41, 5.74) is 0.945. The van der Waals surface area contributed by atoms with Crippen LogP contribution in [0.15, 0.2) is 24.4 Å². The highest BCUT2D eigenvalue weighted by Crippen LogP contribution is 2.27. The van der Waals surface area contributed by atoms with Gasteiger partial charge in [0.15, 0.2) is 0 Å². The fraction of sp³-hybridized carbons (Fsp3) is 0.667.